The van der Waals surface area contributed by atoms with Gasteiger partial charge in [-0.3, -0.25) is 9.59 Å². The maximum absolute atomic E-state index is 14.7. The number of benzene rings is 1. The Balaban J connectivity index is 1.04. The monoisotopic (exact) mass is 751 g/mol. The van der Waals surface area contributed by atoms with Crippen LogP contribution < -0.4 is 10.6 Å². The van der Waals surface area contributed by atoms with Crippen LogP contribution in [0.5, 0.6) is 0 Å². The lowest BCUT2D eigenvalue weighted by Gasteiger charge is -2.72. The Kier molecular flexibility index (Phi) is 10.4. The fraction of sp³-hybridized carbons (Fsp3) is 0.660. The highest BCUT2D eigenvalue weighted by molar-refractivity contribution is 5.94. The van der Waals surface area contributed by atoms with Gasteiger partial charge in [0.15, 0.2) is 5.69 Å². The van der Waals surface area contributed by atoms with Crippen LogP contribution in [0, 0.1) is 56.7 Å². The molecule has 2 amide bonds. The molecule has 298 valence electrons. The molecular weight excluding hydrogens is 687 g/mol. The van der Waals surface area contributed by atoms with Crippen LogP contribution in [0.3, 0.4) is 0 Å². The summed E-state index contributed by atoms with van der Waals surface area (Å²) in [4.78, 5) is 44.1. The average Bonchev–Trinajstić information content (AvgIpc) is 3.57. The van der Waals surface area contributed by atoms with Gasteiger partial charge in [-0.2, -0.15) is 0 Å². The van der Waals surface area contributed by atoms with Gasteiger partial charge in [-0.1, -0.05) is 65.0 Å². The number of pyridine rings is 1. The normalized spacial score (nSPS) is 37.3. The summed E-state index contributed by atoms with van der Waals surface area (Å²) in [5.41, 5.74) is 3.64. The Morgan fingerprint density at radius 3 is 2.42 bits per heavy atom. The molecule has 5 fully saturated rings. The van der Waals surface area contributed by atoms with Crippen molar-refractivity contribution in [3.63, 3.8) is 0 Å². The van der Waals surface area contributed by atoms with Gasteiger partial charge in [0.1, 0.15) is 0 Å². The first-order valence-electron chi connectivity index (χ1n) is 21.0. The number of carbonyl (C=O) groups excluding carboxylic acids is 3. The van der Waals surface area contributed by atoms with Crippen molar-refractivity contribution in [2.75, 3.05) is 13.7 Å². The van der Waals surface area contributed by atoms with E-state index in [2.05, 4.69) is 63.7 Å². The van der Waals surface area contributed by atoms with Crippen molar-refractivity contribution < 1.29 is 24.2 Å². The first kappa shape index (κ1) is 39.7. The van der Waals surface area contributed by atoms with Gasteiger partial charge in [-0.25, -0.2) is 9.78 Å². The van der Waals surface area contributed by atoms with Crippen LogP contribution in [-0.4, -0.2) is 47.6 Å². The summed E-state index contributed by atoms with van der Waals surface area (Å²) in [5, 5.41) is 17.5. The number of hydrogen-bond donors (Lipinski definition) is 3. The van der Waals surface area contributed by atoms with Crippen molar-refractivity contribution in [1.82, 2.24) is 15.6 Å². The van der Waals surface area contributed by atoms with Crippen LogP contribution >= 0.6 is 0 Å². The zero-order valence-corrected chi connectivity index (χ0v) is 34.4. The fourth-order valence-electron chi connectivity index (χ4n) is 14.0. The highest BCUT2D eigenvalue weighted by Crippen LogP contribution is 2.77. The van der Waals surface area contributed by atoms with Gasteiger partial charge in [0.25, 0.3) is 5.91 Å². The Labute approximate surface area is 329 Å². The average molecular weight is 752 g/mol. The Bertz CT molecular complexity index is 1840. The molecule has 0 spiro atoms. The molecule has 8 nitrogen and oxygen atoms in total. The summed E-state index contributed by atoms with van der Waals surface area (Å²) in [7, 11) is 1.31. The van der Waals surface area contributed by atoms with Gasteiger partial charge in [-0.05, 0) is 153 Å². The van der Waals surface area contributed by atoms with Gasteiger partial charge in [0.2, 0.25) is 5.91 Å². The van der Waals surface area contributed by atoms with Crippen LogP contribution in [0.15, 0.2) is 54.7 Å². The molecule has 8 heteroatoms. The molecule has 1 aromatic heterocycles. The first-order valence-corrected chi connectivity index (χ1v) is 21.0. The molecule has 10 atom stereocenters. The van der Waals surface area contributed by atoms with E-state index in [-0.39, 0.29) is 57.2 Å². The lowest BCUT2D eigenvalue weighted by molar-refractivity contribution is -0.246. The minimum absolute atomic E-state index is 0.0618. The molecule has 7 rings (SSSR count). The number of amides is 2. The quantitative estimate of drug-likeness (QED) is 0.175. The number of allylic oxidation sites excluding steroid dienone is 1. The van der Waals surface area contributed by atoms with Crippen molar-refractivity contribution >= 4 is 17.8 Å². The third-order valence-electron chi connectivity index (χ3n) is 17.1. The van der Waals surface area contributed by atoms with Crippen LogP contribution in [0.4, 0.5) is 0 Å². The highest BCUT2D eigenvalue weighted by atomic mass is 16.5. The Hall–Kier alpha value is -3.52. The molecule has 4 unspecified atom stereocenters. The van der Waals surface area contributed by atoms with E-state index in [9.17, 15) is 19.5 Å². The molecule has 5 aliphatic rings. The summed E-state index contributed by atoms with van der Waals surface area (Å²) >= 11 is 0. The number of fused-ring (bicyclic) bond motifs is 7. The number of carbonyl (C=O) groups is 3. The molecule has 5 saturated carbocycles. The van der Waals surface area contributed by atoms with E-state index >= 15 is 0 Å². The second kappa shape index (κ2) is 14.5. The number of esters is 1. The number of nitrogens with zero attached hydrogens (tertiary/aromatic N) is 1. The van der Waals surface area contributed by atoms with Crippen molar-refractivity contribution in [2.45, 2.75) is 125 Å². The predicted octanol–water partition coefficient (Wildman–Crippen LogP) is 8.48. The number of nitrogens with one attached hydrogen (secondary N) is 2. The number of methoxy groups -OCH3 is 1. The number of hydrogen-bond acceptors (Lipinski definition) is 6. The maximum Gasteiger partial charge on any atom is 0.356 e. The molecule has 3 N–H and O–H groups in total. The third-order valence-corrected chi connectivity index (χ3v) is 17.1. The molecule has 1 aromatic carbocycles. The van der Waals surface area contributed by atoms with E-state index in [1.807, 2.05) is 18.2 Å². The number of aliphatic hydroxyl groups excluding tert-OH is 1. The van der Waals surface area contributed by atoms with Gasteiger partial charge in [0.05, 0.1) is 18.6 Å². The molecule has 0 aliphatic heterocycles. The number of rotatable bonds is 9. The SMILES string of the molecule is C=C(C)[C@@H]1CC[C@]2(C(=O)NCCc3cccc(C(=O)NCc4cccnc4C(=O)OC)c3)CC[C@]3(C)C(CCC4[C@@]5(C)CC[C@H](O)C(C)(C)C5CC[C@]43C)C12. The summed E-state index contributed by atoms with van der Waals surface area (Å²) in [5.74, 6) is 1.71. The zero-order chi connectivity index (χ0) is 39.6. The molecule has 0 bridgehead atoms. The molecule has 55 heavy (non-hydrogen) atoms. The molecular formula is C47H65N3O5. The Morgan fingerprint density at radius 1 is 0.891 bits per heavy atom. The molecule has 1 heterocycles. The molecule has 0 radical (unpaired) electrons. The van der Waals surface area contributed by atoms with E-state index < -0.39 is 5.97 Å². The lowest BCUT2D eigenvalue weighted by atomic mass is 9.32. The van der Waals surface area contributed by atoms with E-state index in [1.165, 1.54) is 44.6 Å². The fourth-order valence-corrected chi connectivity index (χ4v) is 14.0. The smallest absolute Gasteiger partial charge is 0.356 e. The largest absolute Gasteiger partial charge is 0.464 e. The van der Waals surface area contributed by atoms with E-state index in [4.69, 9.17) is 4.74 Å². The predicted molar refractivity (Wildman–Crippen MR) is 215 cm³/mol. The highest BCUT2D eigenvalue weighted by Gasteiger charge is 2.71. The maximum atomic E-state index is 14.7. The first-order chi connectivity index (χ1) is 26.0. The van der Waals surface area contributed by atoms with Gasteiger partial charge >= 0.3 is 5.97 Å². The van der Waals surface area contributed by atoms with Crippen molar-refractivity contribution in [1.29, 1.82) is 0 Å². The standard InChI is InChI=1S/C47H65N3O5/c1-29(2)33-16-22-47(42(54)49-26-19-30-11-9-12-31(27-30)40(52)50-28-32-13-10-25-48-39(32)41(53)55-8)24-23-45(6)34(38(33)47)14-15-36-44(5)20-18-37(51)43(3,4)35(44)17-21-46(36,45)7/h9-13,25,27,33-38,51H,1,14-24,26,28H2,2-8H3,(H,49,54)(H,50,52)/t33-,34?,35?,36?,37-,38?,44-,45+,46+,47-/m0/s1. The second-order valence-corrected chi connectivity index (χ2v) is 19.6. The minimum atomic E-state index is -0.543. The lowest BCUT2D eigenvalue weighted by Crippen LogP contribution is -2.67. The van der Waals surface area contributed by atoms with Crippen molar-refractivity contribution in [2.24, 2.45) is 56.7 Å². The molecule has 2 aromatic rings. The minimum Gasteiger partial charge on any atom is -0.464 e. The van der Waals surface area contributed by atoms with E-state index in [1.54, 1.807) is 18.2 Å². The number of aliphatic hydroxyl groups is 1. The van der Waals surface area contributed by atoms with Gasteiger partial charge in [-0.15, -0.1) is 0 Å². The summed E-state index contributed by atoms with van der Waals surface area (Å²) in [6, 6.07) is 11.0. The second-order valence-electron chi connectivity index (χ2n) is 19.6. The topological polar surface area (TPSA) is 118 Å². The molecule has 0 saturated heterocycles. The summed E-state index contributed by atoms with van der Waals surface area (Å²) in [6.45, 7) is 19.8. The number of aromatic nitrogens is 1. The molecule has 5 aliphatic carbocycles. The van der Waals surface area contributed by atoms with E-state index in [0.29, 0.717) is 53.7 Å². The number of ether oxygens (including phenoxy) is 1. The third kappa shape index (κ3) is 6.28. The van der Waals surface area contributed by atoms with Gasteiger partial charge in [0, 0.05) is 30.4 Å². The Morgan fingerprint density at radius 2 is 1.67 bits per heavy atom. The van der Waals surface area contributed by atoms with E-state index in [0.717, 1.165) is 44.1 Å². The van der Waals surface area contributed by atoms with Crippen LogP contribution in [0.2, 0.25) is 0 Å². The summed E-state index contributed by atoms with van der Waals surface area (Å²) in [6.07, 6.45) is 12.7. The van der Waals surface area contributed by atoms with Crippen LogP contribution in [0.1, 0.15) is 138 Å². The van der Waals surface area contributed by atoms with Crippen molar-refractivity contribution in [3.8, 4) is 0 Å². The van der Waals surface area contributed by atoms with Crippen molar-refractivity contribution in [3.05, 3.63) is 77.1 Å². The zero-order valence-electron chi connectivity index (χ0n) is 34.4. The van der Waals surface area contributed by atoms with Crippen LogP contribution in [0.25, 0.3) is 0 Å². The van der Waals surface area contributed by atoms with Crippen LogP contribution in [-0.2, 0) is 22.5 Å². The summed E-state index contributed by atoms with van der Waals surface area (Å²) < 4.78 is 4.84. The van der Waals surface area contributed by atoms with Gasteiger partial charge < -0.3 is 20.5 Å².